The average molecular weight is 443 g/mol. The summed E-state index contributed by atoms with van der Waals surface area (Å²) in [5.41, 5.74) is 1.23. The summed E-state index contributed by atoms with van der Waals surface area (Å²) in [4.78, 5) is 17.4. The SMILES string of the molecule is O=c1[nH]cc(Cl)c2c1c(-c1ccc(N3CCOCC3)cc1)nn2-c1c(F)cccc1F. The van der Waals surface area contributed by atoms with Crippen molar-refractivity contribution in [2.24, 2.45) is 0 Å². The predicted octanol–water partition coefficient (Wildman–Crippen LogP) is 4.15. The Labute approximate surface area is 180 Å². The highest BCUT2D eigenvalue weighted by molar-refractivity contribution is 6.35. The summed E-state index contributed by atoms with van der Waals surface area (Å²) in [7, 11) is 0. The number of anilines is 1. The molecule has 6 nitrogen and oxygen atoms in total. The number of nitrogens with one attached hydrogen (secondary N) is 1. The molecule has 0 amide bonds. The first-order chi connectivity index (χ1) is 15.0. The second-order valence-electron chi connectivity index (χ2n) is 7.17. The number of nitrogens with zero attached hydrogens (tertiary/aromatic N) is 3. The van der Waals surface area contributed by atoms with Gasteiger partial charge in [-0.05, 0) is 24.3 Å². The van der Waals surface area contributed by atoms with E-state index in [0.29, 0.717) is 18.8 Å². The molecule has 2 aromatic heterocycles. The molecule has 1 fully saturated rings. The molecule has 1 aliphatic heterocycles. The van der Waals surface area contributed by atoms with Gasteiger partial charge in [0.25, 0.3) is 5.56 Å². The van der Waals surface area contributed by atoms with Crippen LogP contribution in [0.3, 0.4) is 0 Å². The summed E-state index contributed by atoms with van der Waals surface area (Å²) in [5.74, 6) is -1.62. The fourth-order valence-corrected chi connectivity index (χ4v) is 4.06. The molecule has 0 spiro atoms. The molecular formula is C22H17ClF2N4O2. The summed E-state index contributed by atoms with van der Waals surface area (Å²) in [6, 6.07) is 11.0. The first kappa shape index (κ1) is 19.7. The van der Waals surface area contributed by atoms with Crippen molar-refractivity contribution < 1.29 is 13.5 Å². The van der Waals surface area contributed by atoms with Crippen molar-refractivity contribution in [3.8, 4) is 16.9 Å². The highest BCUT2D eigenvalue weighted by atomic mass is 35.5. The van der Waals surface area contributed by atoms with Gasteiger partial charge in [-0.3, -0.25) is 4.79 Å². The number of hydrogen-bond donors (Lipinski definition) is 1. The Kier molecular flexibility index (Phi) is 4.95. The number of pyridine rings is 1. The van der Waals surface area contributed by atoms with Gasteiger partial charge in [0.2, 0.25) is 0 Å². The summed E-state index contributed by atoms with van der Waals surface area (Å²) < 4.78 is 35.5. The lowest BCUT2D eigenvalue weighted by Crippen LogP contribution is -2.36. The van der Waals surface area contributed by atoms with Gasteiger partial charge in [0, 0.05) is 30.5 Å². The van der Waals surface area contributed by atoms with Crippen LogP contribution >= 0.6 is 11.6 Å². The van der Waals surface area contributed by atoms with E-state index >= 15 is 0 Å². The van der Waals surface area contributed by atoms with Gasteiger partial charge in [-0.2, -0.15) is 5.10 Å². The molecule has 5 rings (SSSR count). The van der Waals surface area contributed by atoms with Gasteiger partial charge in [0.1, 0.15) is 16.9 Å². The number of morpholine rings is 1. The van der Waals surface area contributed by atoms with Crippen molar-refractivity contribution in [2.45, 2.75) is 0 Å². The Morgan fingerprint density at radius 3 is 2.39 bits per heavy atom. The minimum Gasteiger partial charge on any atom is -0.378 e. The summed E-state index contributed by atoms with van der Waals surface area (Å²) >= 11 is 6.32. The fourth-order valence-electron chi connectivity index (χ4n) is 3.83. The van der Waals surface area contributed by atoms with Gasteiger partial charge in [0.15, 0.2) is 11.6 Å². The number of halogens is 3. The third kappa shape index (κ3) is 3.37. The molecular weight excluding hydrogens is 426 g/mol. The molecule has 3 heterocycles. The first-order valence-electron chi connectivity index (χ1n) is 9.72. The molecule has 0 atom stereocenters. The Bertz CT molecular complexity index is 1310. The molecule has 158 valence electrons. The maximum Gasteiger partial charge on any atom is 0.259 e. The third-order valence-electron chi connectivity index (χ3n) is 5.34. The molecule has 31 heavy (non-hydrogen) atoms. The minimum absolute atomic E-state index is 0.126. The summed E-state index contributed by atoms with van der Waals surface area (Å²) in [5, 5.41) is 4.70. The van der Waals surface area contributed by atoms with E-state index in [0.717, 1.165) is 35.6 Å². The quantitative estimate of drug-likeness (QED) is 0.518. The van der Waals surface area contributed by atoms with Crippen LogP contribution in [0.25, 0.3) is 27.8 Å². The van der Waals surface area contributed by atoms with Crippen LogP contribution in [0.4, 0.5) is 14.5 Å². The van der Waals surface area contributed by atoms with Gasteiger partial charge in [-0.15, -0.1) is 0 Å². The normalized spacial score (nSPS) is 14.4. The lowest BCUT2D eigenvalue weighted by Gasteiger charge is -2.28. The van der Waals surface area contributed by atoms with Crippen molar-refractivity contribution >= 4 is 28.2 Å². The highest BCUT2D eigenvalue weighted by Gasteiger charge is 2.23. The third-order valence-corrected chi connectivity index (χ3v) is 5.62. The number of rotatable bonds is 3. The molecule has 4 aromatic rings. The van der Waals surface area contributed by atoms with Crippen molar-refractivity contribution in [3.05, 3.63) is 75.7 Å². The second-order valence-corrected chi connectivity index (χ2v) is 7.57. The number of aromatic nitrogens is 3. The number of aromatic amines is 1. The second kappa shape index (κ2) is 7.79. The Morgan fingerprint density at radius 2 is 1.71 bits per heavy atom. The van der Waals surface area contributed by atoms with E-state index < -0.39 is 22.9 Å². The van der Waals surface area contributed by atoms with Crippen molar-refractivity contribution in [1.29, 1.82) is 0 Å². The number of ether oxygens (including phenoxy) is 1. The van der Waals surface area contributed by atoms with E-state index in [1.807, 2.05) is 24.3 Å². The minimum atomic E-state index is -0.810. The average Bonchev–Trinajstić information content (AvgIpc) is 3.18. The number of para-hydroxylation sites is 1. The number of fused-ring (bicyclic) bond motifs is 1. The van der Waals surface area contributed by atoms with E-state index in [2.05, 4.69) is 15.0 Å². The van der Waals surface area contributed by atoms with Crippen LogP contribution < -0.4 is 10.5 Å². The first-order valence-corrected chi connectivity index (χ1v) is 10.1. The molecule has 0 radical (unpaired) electrons. The van der Waals surface area contributed by atoms with Crippen LogP contribution in [-0.4, -0.2) is 41.1 Å². The van der Waals surface area contributed by atoms with E-state index in [-0.39, 0.29) is 21.6 Å². The van der Waals surface area contributed by atoms with Crippen molar-refractivity contribution in [2.75, 3.05) is 31.2 Å². The van der Waals surface area contributed by atoms with Crippen LogP contribution in [0.5, 0.6) is 0 Å². The zero-order valence-corrected chi connectivity index (χ0v) is 17.0. The fraction of sp³-hybridized carbons (Fsp3) is 0.182. The van der Waals surface area contributed by atoms with Crippen LogP contribution in [0, 0.1) is 11.6 Å². The maximum atomic E-state index is 14.5. The Hall–Kier alpha value is -3.23. The van der Waals surface area contributed by atoms with Crippen molar-refractivity contribution in [1.82, 2.24) is 14.8 Å². The molecule has 1 aliphatic rings. The van der Waals surface area contributed by atoms with E-state index in [4.69, 9.17) is 16.3 Å². The molecule has 0 bridgehead atoms. The topological polar surface area (TPSA) is 63.1 Å². The van der Waals surface area contributed by atoms with Crippen LogP contribution in [0.2, 0.25) is 5.02 Å². The molecule has 9 heteroatoms. The molecule has 0 unspecified atom stereocenters. The Morgan fingerprint density at radius 1 is 1.03 bits per heavy atom. The largest absolute Gasteiger partial charge is 0.378 e. The van der Waals surface area contributed by atoms with Crippen molar-refractivity contribution in [3.63, 3.8) is 0 Å². The predicted molar refractivity (Wildman–Crippen MR) is 115 cm³/mol. The monoisotopic (exact) mass is 442 g/mol. The zero-order chi connectivity index (χ0) is 21.5. The van der Waals surface area contributed by atoms with E-state index in [1.165, 1.54) is 12.3 Å². The summed E-state index contributed by atoms with van der Waals surface area (Å²) in [6.07, 6.45) is 1.29. The zero-order valence-electron chi connectivity index (χ0n) is 16.2. The summed E-state index contributed by atoms with van der Waals surface area (Å²) in [6.45, 7) is 2.91. The van der Waals surface area contributed by atoms with Crippen LogP contribution in [-0.2, 0) is 4.74 Å². The molecule has 2 aromatic carbocycles. The number of hydrogen-bond acceptors (Lipinski definition) is 4. The lowest BCUT2D eigenvalue weighted by atomic mass is 10.1. The number of H-pyrrole nitrogens is 1. The van der Waals surface area contributed by atoms with Gasteiger partial charge in [0.05, 0.1) is 23.6 Å². The van der Waals surface area contributed by atoms with Gasteiger partial charge in [-0.1, -0.05) is 29.8 Å². The molecule has 0 aliphatic carbocycles. The maximum absolute atomic E-state index is 14.5. The van der Waals surface area contributed by atoms with Gasteiger partial charge >= 0.3 is 0 Å². The Balaban J connectivity index is 1.70. The van der Waals surface area contributed by atoms with E-state index in [9.17, 15) is 13.6 Å². The van der Waals surface area contributed by atoms with E-state index in [1.54, 1.807) is 0 Å². The number of benzene rings is 2. The standard InChI is InChI=1S/C22H17ClF2N4O2/c23-15-12-26-22(30)18-19(13-4-6-14(7-5-13)28-8-10-31-11-9-28)27-29(20(15)18)21-16(24)2-1-3-17(21)25/h1-7,12H,8-11H2,(H,26,30). The highest BCUT2D eigenvalue weighted by Crippen LogP contribution is 2.33. The van der Waals surface area contributed by atoms with Gasteiger partial charge < -0.3 is 14.6 Å². The molecule has 0 saturated carbocycles. The smallest absolute Gasteiger partial charge is 0.259 e. The van der Waals surface area contributed by atoms with Crippen LogP contribution in [0.1, 0.15) is 0 Å². The van der Waals surface area contributed by atoms with Gasteiger partial charge in [-0.25, -0.2) is 13.5 Å². The molecule has 1 saturated heterocycles. The molecule has 1 N–H and O–H groups in total. The lowest BCUT2D eigenvalue weighted by molar-refractivity contribution is 0.122. The van der Waals surface area contributed by atoms with Crippen LogP contribution in [0.15, 0.2) is 53.5 Å².